The number of thiazole rings is 1. The molecule has 0 bridgehead atoms. The summed E-state index contributed by atoms with van der Waals surface area (Å²) in [6.07, 6.45) is 1.59. The minimum Gasteiger partial charge on any atom is -0.493 e. The van der Waals surface area contributed by atoms with Crippen LogP contribution in [0, 0.1) is 0 Å². The van der Waals surface area contributed by atoms with Gasteiger partial charge >= 0.3 is 5.97 Å². The average Bonchev–Trinajstić information content (AvgIpc) is 2.86. The van der Waals surface area contributed by atoms with Crippen LogP contribution in [0.3, 0.4) is 0 Å². The van der Waals surface area contributed by atoms with Crippen molar-refractivity contribution in [1.29, 1.82) is 0 Å². The van der Waals surface area contributed by atoms with Gasteiger partial charge in [-0.25, -0.2) is 4.98 Å². The van der Waals surface area contributed by atoms with E-state index in [0.717, 1.165) is 15.4 Å². The van der Waals surface area contributed by atoms with Crippen LogP contribution in [0.5, 0.6) is 11.5 Å². The third kappa shape index (κ3) is 3.27. The zero-order valence-electron chi connectivity index (χ0n) is 11.3. The zero-order chi connectivity index (χ0) is 14.5. The molecule has 0 atom stereocenters. The van der Waals surface area contributed by atoms with Crippen LogP contribution in [-0.2, 0) is 11.2 Å². The normalized spacial score (nSPS) is 10.3. The molecular weight excluding hydrogens is 278 g/mol. The van der Waals surface area contributed by atoms with E-state index in [9.17, 15) is 4.79 Å². The number of ether oxygens (including phenoxy) is 2. The minimum absolute atomic E-state index is 0.00780. The van der Waals surface area contributed by atoms with Crippen LogP contribution in [0.15, 0.2) is 24.4 Å². The molecule has 1 heterocycles. The molecule has 0 radical (unpaired) electrons. The number of carboxylic acids is 1. The molecule has 0 aliphatic heterocycles. The standard InChI is InChI=1S/C14H15NO4S/c1-3-19-12-6-9(4-5-11(12)18-2)14-15-8-10(20-14)7-13(16)17/h4-6,8H,3,7H2,1-2H3,(H,16,17). The Bertz CT molecular complexity index is 609. The van der Waals surface area contributed by atoms with Gasteiger partial charge in [0.2, 0.25) is 0 Å². The number of hydrogen-bond acceptors (Lipinski definition) is 5. The largest absolute Gasteiger partial charge is 0.493 e. The Labute approximate surface area is 120 Å². The van der Waals surface area contributed by atoms with E-state index in [4.69, 9.17) is 14.6 Å². The van der Waals surface area contributed by atoms with Crippen molar-refractivity contribution in [3.05, 3.63) is 29.3 Å². The van der Waals surface area contributed by atoms with Crippen molar-refractivity contribution in [3.63, 3.8) is 0 Å². The second-order valence-corrected chi connectivity index (χ2v) is 5.12. The Balaban J connectivity index is 2.30. The molecule has 6 heteroatoms. The van der Waals surface area contributed by atoms with Crippen molar-refractivity contribution in [1.82, 2.24) is 4.98 Å². The maximum absolute atomic E-state index is 10.7. The Morgan fingerprint density at radius 3 is 2.85 bits per heavy atom. The predicted molar refractivity (Wildman–Crippen MR) is 76.6 cm³/mol. The van der Waals surface area contributed by atoms with Crippen LogP contribution >= 0.6 is 11.3 Å². The van der Waals surface area contributed by atoms with Crippen LogP contribution in [0.1, 0.15) is 11.8 Å². The summed E-state index contributed by atoms with van der Waals surface area (Å²) in [5.74, 6) is 0.463. The summed E-state index contributed by atoms with van der Waals surface area (Å²) in [6, 6.07) is 5.55. The maximum Gasteiger partial charge on any atom is 0.308 e. The molecule has 1 N–H and O–H groups in total. The monoisotopic (exact) mass is 293 g/mol. The number of aliphatic carboxylic acids is 1. The molecule has 0 fully saturated rings. The molecule has 20 heavy (non-hydrogen) atoms. The highest BCUT2D eigenvalue weighted by Crippen LogP contribution is 2.34. The second-order valence-electron chi connectivity index (χ2n) is 4.00. The maximum atomic E-state index is 10.7. The smallest absolute Gasteiger partial charge is 0.308 e. The molecule has 0 unspecified atom stereocenters. The third-order valence-electron chi connectivity index (χ3n) is 2.59. The van der Waals surface area contributed by atoms with Gasteiger partial charge in [0.25, 0.3) is 0 Å². The van der Waals surface area contributed by atoms with Crippen molar-refractivity contribution < 1.29 is 19.4 Å². The van der Waals surface area contributed by atoms with Gasteiger partial charge in [-0.1, -0.05) is 0 Å². The molecule has 1 aromatic heterocycles. The van der Waals surface area contributed by atoms with Gasteiger partial charge in [-0.05, 0) is 25.1 Å². The van der Waals surface area contributed by atoms with Crippen molar-refractivity contribution in [2.24, 2.45) is 0 Å². The zero-order valence-corrected chi connectivity index (χ0v) is 12.1. The number of benzene rings is 1. The van der Waals surface area contributed by atoms with Crippen molar-refractivity contribution in [3.8, 4) is 22.1 Å². The van der Waals surface area contributed by atoms with Gasteiger partial charge in [0.05, 0.1) is 20.1 Å². The molecule has 1 aromatic carbocycles. The molecule has 0 aliphatic rings. The number of aromatic nitrogens is 1. The summed E-state index contributed by atoms with van der Waals surface area (Å²) < 4.78 is 10.7. The summed E-state index contributed by atoms with van der Waals surface area (Å²) in [6.45, 7) is 2.45. The van der Waals surface area contributed by atoms with E-state index in [2.05, 4.69) is 4.98 Å². The van der Waals surface area contributed by atoms with Crippen molar-refractivity contribution >= 4 is 17.3 Å². The molecule has 2 rings (SSSR count). The van der Waals surface area contributed by atoms with Gasteiger partial charge in [-0.2, -0.15) is 0 Å². The molecule has 106 valence electrons. The summed E-state index contributed by atoms with van der Waals surface area (Å²) in [7, 11) is 1.59. The summed E-state index contributed by atoms with van der Waals surface area (Å²) >= 11 is 1.37. The van der Waals surface area contributed by atoms with E-state index in [1.165, 1.54) is 11.3 Å². The van der Waals surface area contributed by atoms with Crippen LogP contribution in [0.4, 0.5) is 0 Å². The minimum atomic E-state index is -0.857. The fourth-order valence-corrected chi connectivity index (χ4v) is 2.65. The first-order valence-corrected chi connectivity index (χ1v) is 6.93. The lowest BCUT2D eigenvalue weighted by Crippen LogP contribution is -1.97. The van der Waals surface area contributed by atoms with Gasteiger partial charge in [-0.3, -0.25) is 4.79 Å². The van der Waals surface area contributed by atoms with E-state index < -0.39 is 5.97 Å². The summed E-state index contributed by atoms with van der Waals surface area (Å²) in [5, 5.41) is 9.54. The second kappa shape index (κ2) is 6.38. The van der Waals surface area contributed by atoms with Crippen LogP contribution in [-0.4, -0.2) is 29.8 Å². The highest BCUT2D eigenvalue weighted by Gasteiger charge is 2.11. The van der Waals surface area contributed by atoms with E-state index >= 15 is 0 Å². The van der Waals surface area contributed by atoms with Gasteiger partial charge in [0.15, 0.2) is 11.5 Å². The average molecular weight is 293 g/mol. The molecule has 2 aromatic rings. The number of hydrogen-bond donors (Lipinski definition) is 1. The number of nitrogens with zero attached hydrogens (tertiary/aromatic N) is 1. The van der Waals surface area contributed by atoms with Gasteiger partial charge in [0.1, 0.15) is 5.01 Å². The Morgan fingerprint density at radius 1 is 1.40 bits per heavy atom. The fourth-order valence-electron chi connectivity index (χ4n) is 1.75. The molecular formula is C14H15NO4S. The van der Waals surface area contributed by atoms with Crippen LogP contribution < -0.4 is 9.47 Å². The van der Waals surface area contributed by atoms with Gasteiger partial charge in [0, 0.05) is 16.6 Å². The topological polar surface area (TPSA) is 68.7 Å². The predicted octanol–water partition coefficient (Wildman–Crippen LogP) is 2.84. The van der Waals surface area contributed by atoms with E-state index in [1.807, 2.05) is 25.1 Å². The lowest BCUT2D eigenvalue weighted by molar-refractivity contribution is -0.136. The molecule has 5 nitrogen and oxygen atoms in total. The number of carbonyl (C=O) groups is 1. The lowest BCUT2D eigenvalue weighted by Gasteiger charge is -2.09. The van der Waals surface area contributed by atoms with Gasteiger partial charge in [-0.15, -0.1) is 11.3 Å². The Kier molecular flexibility index (Phi) is 4.57. The third-order valence-corrected chi connectivity index (χ3v) is 3.64. The SMILES string of the molecule is CCOc1cc(-c2ncc(CC(=O)O)s2)ccc1OC. The molecule has 0 spiro atoms. The van der Waals surface area contributed by atoms with E-state index in [1.54, 1.807) is 13.3 Å². The first-order valence-electron chi connectivity index (χ1n) is 6.11. The van der Waals surface area contributed by atoms with Crippen LogP contribution in [0.2, 0.25) is 0 Å². The fraction of sp³-hybridized carbons (Fsp3) is 0.286. The van der Waals surface area contributed by atoms with Crippen molar-refractivity contribution in [2.75, 3.05) is 13.7 Å². The quantitative estimate of drug-likeness (QED) is 0.887. The number of carboxylic acid groups (broad SMARTS) is 1. The first kappa shape index (κ1) is 14.3. The molecule has 0 saturated heterocycles. The van der Waals surface area contributed by atoms with E-state index in [0.29, 0.717) is 18.1 Å². The highest BCUT2D eigenvalue weighted by molar-refractivity contribution is 7.15. The highest BCUT2D eigenvalue weighted by atomic mass is 32.1. The number of rotatable bonds is 6. The molecule has 0 saturated carbocycles. The Morgan fingerprint density at radius 2 is 2.20 bits per heavy atom. The first-order chi connectivity index (χ1) is 9.63. The van der Waals surface area contributed by atoms with E-state index in [-0.39, 0.29) is 6.42 Å². The Hall–Kier alpha value is -2.08. The molecule has 0 amide bonds. The summed E-state index contributed by atoms with van der Waals surface area (Å²) in [4.78, 5) is 15.7. The van der Waals surface area contributed by atoms with Crippen LogP contribution in [0.25, 0.3) is 10.6 Å². The summed E-state index contributed by atoms with van der Waals surface area (Å²) in [5.41, 5.74) is 0.885. The molecule has 0 aliphatic carbocycles. The number of methoxy groups -OCH3 is 1. The van der Waals surface area contributed by atoms with Gasteiger partial charge < -0.3 is 14.6 Å². The van der Waals surface area contributed by atoms with Crippen molar-refractivity contribution in [2.45, 2.75) is 13.3 Å². The lowest BCUT2D eigenvalue weighted by atomic mass is 10.2.